The first-order chi connectivity index (χ1) is 11.2. The quantitative estimate of drug-likeness (QED) is 0.739. The van der Waals surface area contributed by atoms with Gasteiger partial charge in [0.15, 0.2) is 0 Å². The Morgan fingerprint density at radius 3 is 2.70 bits per heavy atom. The number of aromatic hydroxyl groups is 1. The molecular weight excluding hydrogens is 306 g/mol. The first-order valence-electron chi connectivity index (χ1n) is 8.08. The summed E-state index contributed by atoms with van der Waals surface area (Å²) in [7, 11) is 0. The van der Waals surface area contributed by atoms with E-state index in [2.05, 4.69) is 47.5 Å². The lowest BCUT2D eigenvalue weighted by Gasteiger charge is -2.18. The molecule has 3 rings (SSSR count). The summed E-state index contributed by atoms with van der Waals surface area (Å²) in [6.45, 7) is 10.5. The number of hydrogen-bond donors (Lipinski definition) is 1. The van der Waals surface area contributed by atoms with Crippen molar-refractivity contribution < 1.29 is 5.11 Å². The van der Waals surface area contributed by atoms with Gasteiger partial charge in [-0.15, -0.1) is 11.3 Å². The Bertz CT molecular complexity index is 788. The molecule has 0 aliphatic rings. The van der Waals surface area contributed by atoms with Crippen LogP contribution in [0.2, 0.25) is 0 Å². The first-order valence-corrected chi connectivity index (χ1v) is 9.02. The highest BCUT2D eigenvalue weighted by atomic mass is 32.1. The van der Waals surface area contributed by atoms with Crippen molar-refractivity contribution in [1.82, 2.24) is 14.5 Å². The predicted molar refractivity (Wildman–Crippen MR) is 97.2 cm³/mol. The molecule has 0 fully saturated rings. The van der Waals surface area contributed by atoms with Crippen molar-refractivity contribution in [2.45, 2.75) is 27.3 Å². The van der Waals surface area contributed by atoms with Crippen molar-refractivity contribution in [3.05, 3.63) is 34.8 Å². The molecule has 1 aromatic carbocycles. The minimum Gasteiger partial charge on any atom is -0.507 e. The maximum Gasteiger partial charge on any atom is 0.134 e. The van der Waals surface area contributed by atoms with E-state index in [1.807, 2.05) is 11.4 Å². The monoisotopic (exact) mass is 329 g/mol. The number of benzene rings is 1. The van der Waals surface area contributed by atoms with E-state index < -0.39 is 0 Å². The molecule has 23 heavy (non-hydrogen) atoms. The van der Waals surface area contributed by atoms with Gasteiger partial charge in [0.2, 0.25) is 0 Å². The molecular formula is C18H23N3OS. The number of rotatable bonds is 6. The predicted octanol–water partition coefficient (Wildman–Crippen LogP) is 4.12. The fourth-order valence-electron chi connectivity index (χ4n) is 3.10. The van der Waals surface area contributed by atoms with Crippen LogP contribution in [0, 0.1) is 6.92 Å². The third kappa shape index (κ3) is 2.99. The van der Waals surface area contributed by atoms with E-state index in [1.54, 1.807) is 16.8 Å². The van der Waals surface area contributed by atoms with Crippen LogP contribution < -0.4 is 0 Å². The molecule has 0 saturated heterocycles. The number of aryl methyl sites for hydroxylation is 1. The molecule has 0 spiro atoms. The SMILES string of the molecule is CCN(CC)CCn1cc(C)c2c(O)c(-c3cscn3)ccc21. The molecule has 0 bridgehead atoms. The number of phenolic OH excluding ortho intramolecular Hbond substituents is 1. The van der Waals surface area contributed by atoms with Gasteiger partial charge in [-0.2, -0.15) is 0 Å². The van der Waals surface area contributed by atoms with Crippen LogP contribution in [0.15, 0.2) is 29.2 Å². The smallest absolute Gasteiger partial charge is 0.134 e. The van der Waals surface area contributed by atoms with E-state index in [4.69, 9.17) is 0 Å². The molecule has 2 aromatic heterocycles. The third-order valence-electron chi connectivity index (χ3n) is 4.47. The standard InChI is InChI=1S/C18H23N3OS/c1-4-20(5-2)8-9-21-10-13(3)17-16(21)7-6-14(18(17)22)15-11-23-12-19-15/h6-7,10-12,22H,4-5,8-9H2,1-3H3. The van der Waals surface area contributed by atoms with Gasteiger partial charge in [-0.25, -0.2) is 4.98 Å². The Labute approximate surface area is 141 Å². The number of thiazole rings is 1. The number of hydrogen-bond acceptors (Lipinski definition) is 4. The number of phenols is 1. The second-order valence-corrected chi connectivity index (χ2v) is 6.48. The van der Waals surface area contributed by atoms with E-state index in [9.17, 15) is 5.11 Å². The summed E-state index contributed by atoms with van der Waals surface area (Å²) in [6, 6.07) is 4.07. The van der Waals surface area contributed by atoms with Crippen LogP contribution in [0.25, 0.3) is 22.2 Å². The third-order valence-corrected chi connectivity index (χ3v) is 5.06. The average Bonchev–Trinajstić information content (AvgIpc) is 3.18. The normalized spacial score (nSPS) is 11.7. The molecule has 3 aromatic rings. The van der Waals surface area contributed by atoms with Crippen molar-refractivity contribution >= 4 is 22.2 Å². The minimum absolute atomic E-state index is 0.340. The average molecular weight is 329 g/mol. The zero-order chi connectivity index (χ0) is 16.4. The Morgan fingerprint density at radius 2 is 2.04 bits per heavy atom. The summed E-state index contributed by atoms with van der Waals surface area (Å²) in [4.78, 5) is 6.72. The van der Waals surface area contributed by atoms with E-state index in [0.717, 1.165) is 53.9 Å². The number of likely N-dealkylation sites (N-methyl/N-ethyl adjacent to an activating group) is 1. The molecule has 5 heteroatoms. The lowest BCUT2D eigenvalue weighted by atomic mass is 10.1. The molecule has 0 saturated carbocycles. The van der Waals surface area contributed by atoms with Crippen LogP contribution in [-0.2, 0) is 6.54 Å². The zero-order valence-corrected chi connectivity index (χ0v) is 14.7. The van der Waals surface area contributed by atoms with Crippen LogP contribution in [0.3, 0.4) is 0 Å². The molecule has 0 aliphatic carbocycles. The fraction of sp³-hybridized carbons (Fsp3) is 0.389. The highest BCUT2D eigenvalue weighted by molar-refractivity contribution is 7.07. The largest absolute Gasteiger partial charge is 0.507 e. The van der Waals surface area contributed by atoms with Gasteiger partial charge < -0.3 is 14.6 Å². The topological polar surface area (TPSA) is 41.3 Å². The van der Waals surface area contributed by atoms with Gasteiger partial charge in [0.1, 0.15) is 5.75 Å². The lowest BCUT2D eigenvalue weighted by molar-refractivity contribution is 0.292. The summed E-state index contributed by atoms with van der Waals surface area (Å²) in [6.07, 6.45) is 2.14. The lowest BCUT2D eigenvalue weighted by Crippen LogP contribution is -2.26. The number of fused-ring (bicyclic) bond motifs is 1. The summed E-state index contributed by atoms with van der Waals surface area (Å²) >= 11 is 1.54. The second-order valence-electron chi connectivity index (χ2n) is 5.76. The number of aromatic nitrogens is 2. The van der Waals surface area contributed by atoms with Crippen molar-refractivity contribution in [3.63, 3.8) is 0 Å². The van der Waals surface area contributed by atoms with Crippen LogP contribution in [0.1, 0.15) is 19.4 Å². The maximum absolute atomic E-state index is 10.7. The van der Waals surface area contributed by atoms with Gasteiger partial charge in [-0.3, -0.25) is 0 Å². The van der Waals surface area contributed by atoms with Crippen molar-refractivity contribution in [1.29, 1.82) is 0 Å². The Kier molecular flexibility index (Phi) is 4.68. The summed E-state index contributed by atoms with van der Waals surface area (Å²) in [5, 5.41) is 13.6. The van der Waals surface area contributed by atoms with Crippen LogP contribution in [-0.4, -0.2) is 39.2 Å². The maximum atomic E-state index is 10.7. The van der Waals surface area contributed by atoms with E-state index >= 15 is 0 Å². The van der Waals surface area contributed by atoms with E-state index in [1.165, 1.54) is 0 Å². The Morgan fingerprint density at radius 1 is 1.26 bits per heavy atom. The van der Waals surface area contributed by atoms with Crippen molar-refractivity contribution in [3.8, 4) is 17.0 Å². The second kappa shape index (κ2) is 6.72. The molecule has 4 nitrogen and oxygen atoms in total. The van der Waals surface area contributed by atoms with Crippen molar-refractivity contribution in [2.75, 3.05) is 19.6 Å². The van der Waals surface area contributed by atoms with Crippen LogP contribution >= 0.6 is 11.3 Å². The van der Waals surface area contributed by atoms with Gasteiger partial charge in [0.25, 0.3) is 0 Å². The minimum atomic E-state index is 0.340. The van der Waals surface area contributed by atoms with Gasteiger partial charge in [-0.1, -0.05) is 13.8 Å². The molecule has 0 unspecified atom stereocenters. The molecule has 0 atom stereocenters. The summed E-state index contributed by atoms with van der Waals surface area (Å²) < 4.78 is 2.24. The zero-order valence-electron chi connectivity index (χ0n) is 13.9. The van der Waals surface area contributed by atoms with Crippen molar-refractivity contribution in [2.24, 2.45) is 0 Å². The summed E-state index contributed by atoms with van der Waals surface area (Å²) in [5.74, 6) is 0.340. The highest BCUT2D eigenvalue weighted by Crippen LogP contribution is 2.38. The van der Waals surface area contributed by atoms with Crippen LogP contribution in [0.5, 0.6) is 5.75 Å². The fourth-order valence-corrected chi connectivity index (χ4v) is 3.65. The molecule has 122 valence electrons. The van der Waals surface area contributed by atoms with E-state index in [0.29, 0.717) is 5.75 Å². The Hall–Kier alpha value is -1.85. The molecule has 1 N–H and O–H groups in total. The molecule has 0 aliphatic heterocycles. The summed E-state index contributed by atoms with van der Waals surface area (Å²) in [5.41, 5.74) is 5.63. The van der Waals surface area contributed by atoms with Gasteiger partial charge >= 0.3 is 0 Å². The molecule has 0 radical (unpaired) electrons. The molecule has 0 amide bonds. The van der Waals surface area contributed by atoms with Gasteiger partial charge in [0.05, 0.1) is 16.7 Å². The number of nitrogens with zero attached hydrogens (tertiary/aromatic N) is 3. The first kappa shape index (κ1) is 16.0. The Balaban J connectivity index is 1.98. The highest BCUT2D eigenvalue weighted by Gasteiger charge is 2.15. The van der Waals surface area contributed by atoms with Crippen LogP contribution in [0.4, 0.5) is 0 Å². The molecule has 2 heterocycles. The van der Waals surface area contributed by atoms with E-state index in [-0.39, 0.29) is 0 Å². The van der Waals surface area contributed by atoms with Gasteiger partial charge in [0, 0.05) is 35.6 Å². The van der Waals surface area contributed by atoms with Gasteiger partial charge in [-0.05, 0) is 37.7 Å².